The van der Waals surface area contributed by atoms with E-state index in [9.17, 15) is 13.2 Å². The Labute approximate surface area is 134 Å². The van der Waals surface area contributed by atoms with Crippen molar-refractivity contribution in [3.63, 3.8) is 0 Å². The van der Waals surface area contributed by atoms with Crippen LogP contribution in [-0.4, -0.2) is 68.6 Å². The number of carbonyl (C=O) groups is 1. The zero-order valence-corrected chi connectivity index (χ0v) is 14.6. The lowest BCUT2D eigenvalue weighted by molar-refractivity contribution is -0.135. The van der Waals surface area contributed by atoms with Gasteiger partial charge in [0.25, 0.3) is 0 Å². The van der Waals surface area contributed by atoms with Gasteiger partial charge in [-0.3, -0.25) is 4.79 Å². The van der Waals surface area contributed by atoms with Crippen molar-refractivity contribution in [3.05, 3.63) is 0 Å². The smallest absolute Gasteiger partial charge is 0.241 e. The summed E-state index contributed by atoms with van der Waals surface area (Å²) in [4.78, 5) is 14.7. The maximum absolute atomic E-state index is 12.8. The van der Waals surface area contributed by atoms with Gasteiger partial charge in [0, 0.05) is 19.6 Å². The predicted molar refractivity (Wildman–Crippen MR) is 87.0 cm³/mol. The molecule has 0 aromatic rings. The van der Waals surface area contributed by atoms with Crippen molar-refractivity contribution >= 4 is 15.9 Å². The van der Waals surface area contributed by atoms with E-state index in [2.05, 4.69) is 5.32 Å². The lowest BCUT2D eigenvalue weighted by Gasteiger charge is -2.35. The fraction of sp³-hybridized carbons (Fsp3) is 0.933. The van der Waals surface area contributed by atoms with E-state index in [1.807, 2.05) is 18.9 Å². The molecular weight excluding hydrogens is 302 g/mol. The largest absolute Gasteiger partial charge is 0.341 e. The first-order valence-corrected chi connectivity index (χ1v) is 10.0. The minimum absolute atomic E-state index is 0.0120. The van der Waals surface area contributed by atoms with Gasteiger partial charge < -0.3 is 10.2 Å². The molecule has 0 spiro atoms. The third-order valence-electron chi connectivity index (χ3n) is 4.65. The molecule has 2 unspecified atom stereocenters. The molecule has 0 aromatic carbocycles. The number of likely N-dealkylation sites (tertiary alicyclic amines) is 1. The predicted octanol–water partition coefficient (Wildman–Crippen LogP) is 0.649. The van der Waals surface area contributed by atoms with Gasteiger partial charge in [-0.1, -0.05) is 13.3 Å². The Balaban J connectivity index is 2.06. The molecule has 6 nitrogen and oxygen atoms in total. The Kier molecular flexibility index (Phi) is 6.23. The van der Waals surface area contributed by atoms with Gasteiger partial charge in [0.2, 0.25) is 15.9 Å². The van der Waals surface area contributed by atoms with Crippen molar-refractivity contribution in [2.24, 2.45) is 5.92 Å². The van der Waals surface area contributed by atoms with Gasteiger partial charge in [-0.05, 0) is 45.2 Å². The van der Waals surface area contributed by atoms with Crippen molar-refractivity contribution in [2.75, 3.05) is 39.0 Å². The van der Waals surface area contributed by atoms with Crippen LogP contribution in [-0.2, 0) is 14.8 Å². The second-order valence-corrected chi connectivity index (χ2v) is 8.48. The molecule has 2 atom stereocenters. The van der Waals surface area contributed by atoms with E-state index in [0.717, 1.165) is 38.9 Å². The number of hydrogen-bond acceptors (Lipinski definition) is 4. The Morgan fingerprint density at radius 2 is 2.00 bits per heavy atom. The minimum atomic E-state index is -3.31. The minimum Gasteiger partial charge on any atom is -0.341 e. The molecule has 22 heavy (non-hydrogen) atoms. The molecule has 7 heteroatoms. The summed E-state index contributed by atoms with van der Waals surface area (Å²) in [5.41, 5.74) is 0. The summed E-state index contributed by atoms with van der Waals surface area (Å²) in [5, 5.41) is 3.15. The fourth-order valence-corrected chi connectivity index (χ4v) is 5.30. The molecule has 2 saturated heterocycles. The number of carbonyl (C=O) groups excluding carboxylic acids is 1. The topological polar surface area (TPSA) is 69.7 Å². The highest BCUT2D eigenvalue weighted by atomic mass is 32.2. The first kappa shape index (κ1) is 17.7. The molecular formula is C15H29N3O3S. The summed E-state index contributed by atoms with van der Waals surface area (Å²) in [5.74, 6) is 0.635. The summed E-state index contributed by atoms with van der Waals surface area (Å²) < 4.78 is 26.3. The molecule has 0 radical (unpaired) electrons. The van der Waals surface area contributed by atoms with E-state index in [4.69, 9.17) is 0 Å². The third kappa shape index (κ3) is 4.00. The molecule has 2 aliphatic heterocycles. The Hall–Kier alpha value is -0.660. The van der Waals surface area contributed by atoms with Crippen LogP contribution in [0.25, 0.3) is 0 Å². The van der Waals surface area contributed by atoms with Crippen LogP contribution in [0.3, 0.4) is 0 Å². The normalized spacial score (nSPS) is 27.3. The fourth-order valence-electron chi connectivity index (χ4n) is 3.56. The van der Waals surface area contributed by atoms with E-state index in [0.29, 0.717) is 25.3 Å². The zero-order chi connectivity index (χ0) is 16.2. The van der Waals surface area contributed by atoms with Gasteiger partial charge in [0.15, 0.2) is 0 Å². The third-order valence-corrected chi connectivity index (χ3v) is 6.72. The van der Waals surface area contributed by atoms with Crippen LogP contribution in [0.5, 0.6) is 0 Å². The van der Waals surface area contributed by atoms with Crippen LogP contribution >= 0.6 is 0 Å². The van der Waals surface area contributed by atoms with E-state index in [-0.39, 0.29) is 11.7 Å². The summed E-state index contributed by atoms with van der Waals surface area (Å²) in [6.45, 7) is 4.77. The highest BCUT2D eigenvalue weighted by Crippen LogP contribution is 2.25. The average molecular weight is 331 g/mol. The van der Waals surface area contributed by atoms with Gasteiger partial charge in [0.05, 0.1) is 5.75 Å². The van der Waals surface area contributed by atoms with Crippen molar-refractivity contribution in [3.8, 4) is 0 Å². The molecule has 0 aliphatic carbocycles. The number of nitrogens with one attached hydrogen (secondary N) is 1. The number of nitrogens with zero attached hydrogens (tertiary/aromatic N) is 2. The van der Waals surface area contributed by atoms with E-state index in [1.165, 1.54) is 4.31 Å². The Bertz CT molecular complexity index is 480. The van der Waals surface area contributed by atoms with E-state index < -0.39 is 16.1 Å². The molecule has 2 fully saturated rings. The second kappa shape index (κ2) is 7.75. The summed E-state index contributed by atoms with van der Waals surface area (Å²) in [6, 6.07) is -0.473. The molecule has 1 N–H and O–H groups in total. The SMILES string of the molecule is CCCS(=O)(=O)N1CCCCC1C(=O)N1CCC(CNC)C1. The number of amides is 1. The van der Waals surface area contributed by atoms with Gasteiger partial charge in [-0.15, -0.1) is 0 Å². The quantitative estimate of drug-likeness (QED) is 0.776. The van der Waals surface area contributed by atoms with Crippen molar-refractivity contribution < 1.29 is 13.2 Å². The molecule has 2 aliphatic rings. The molecule has 0 aromatic heterocycles. The number of hydrogen-bond donors (Lipinski definition) is 1. The van der Waals surface area contributed by atoms with Gasteiger partial charge in [-0.25, -0.2) is 8.42 Å². The second-order valence-electron chi connectivity index (χ2n) is 6.43. The maximum Gasteiger partial charge on any atom is 0.241 e. The standard InChI is InChI=1S/C15H29N3O3S/c1-3-10-22(20,21)18-8-5-4-6-14(18)15(19)17-9-7-13(12-17)11-16-2/h13-14,16H,3-12H2,1-2H3. The van der Waals surface area contributed by atoms with Crippen LogP contribution in [0.15, 0.2) is 0 Å². The molecule has 2 heterocycles. The van der Waals surface area contributed by atoms with E-state index in [1.54, 1.807) is 0 Å². The van der Waals surface area contributed by atoms with Crippen LogP contribution in [0.1, 0.15) is 39.0 Å². The van der Waals surface area contributed by atoms with Crippen LogP contribution in [0.4, 0.5) is 0 Å². The van der Waals surface area contributed by atoms with Crippen molar-refractivity contribution in [2.45, 2.75) is 45.1 Å². The summed E-state index contributed by atoms with van der Waals surface area (Å²) in [7, 11) is -1.39. The number of rotatable bonds is 6. The molecule has 2 rings (SSSR count). The molecule has 0 bridgehead atoms. The van der Waals surface area contributed by atoms with Crippen molar-refractivity contribution in [1.82, 2.24) is 14.5 Å². The summed E-state index contributed by atoms with van der Waals surface area (Å²) in [6.07, 6.45) is 4.04. The first-order chi connectivity index (χ1) is 10.5. The van der Waals surface area contributed by atoms with Crippen LogP contribution in [0.2, 0.25) is 0 Å². The van der Waals surface area contributed by atoms with Crippen LogP contribution in [0, 0.1) is 5.92 Å². The molecule has 0 saturated carbocycles. The monoisotopic (exact) mass is 331 g/mol. The zero-order valence-electron chi connectivity index (χ0n) is 13.8. The summed E-state index contributed by atoms with van der Waals surface area (Å²) >= 11 is 0. The lowest BCUT2D eigenvalue weighted by Crippen LogP contribution is -2.53. The van der Waals surface area contributed by atoms with Gasteiger partial charge in [-0.2, -0.15) is 4.31 Å². The average Bonchev–Trinajstić information content (AvgIpc) is 2.95. The first-order valence-electron chi connectivity index (χ1n) is 8.42. The van der Waals surface area contributed by atoms with E-state index >= 15 is 0 Å². The van der Waals surface area contributed by atoms with Crippen molar-refractivity contribution in [1.29, 1.82) is 0 Å². The lowest BCUT2D eigenvalue weighted by atomic mass is 10.0. The number of sulfonamides is 1. The highest BCUT2D eigenvalue weighted by molar-refractivity contribution is 7.89. The molecule has 1 amide bonds. The van der Waals surface area contributed by atoms with Gasteiger partial charge >= 0.3 is 0 Å². The number of piperidine rings is 1. The van der Waals surface area contributed by atoms with Crippen LogP contribution < -0.4 is 5.32 Å². The van der Waals surface area contributed by atoms with Gasteiger partial charge in [0.1, 0.15) is 6.04 Å². The Morgan fingerprint density at radius 3 is 2.68 bits per heavy atom. The highest BCUT2D eigenvalue weighted by Gasteiger charge is 2.39. The molecule has 128 valence electrons. The maximum atomic E-state index is 12.8. The Morgan fingerprint density at radius 1 is 1.23 bits per heavy atom.